The second kappa shape index (κ2) is 5.68. The van der Waals surface area contributed by atoms with E-state index in [9.17, 15) is 15.2 Å². The first-order valence-corrected chi connectivity index (χ1v) is 8.85. The summed E-state index contributed by atoms with van der Waals surface area (Å²) in [5, 5.41) is 20.8. The van der Waals surface area contributed by atoms with Crippen LogP contribution in [-0.2, 0) is 11.8 Å². The fourth-order valence-electron chi connectivity index (χ4n) is 4.65. The van der Waals surface area contributed by atoms with Gasteiger partial charge in [0.15, 0.2) is 0 Å². The van der Waals surface area contributed by atoms with Crippen molar-refractivity contribution in [3.05, 3.63) is 75.3 Å². The van der Waals surface area contributed by atoms with Crippen molar-refractivity contribution in [1.82, 2.24) is 0 Å². The van der Waals surface area contributed by atoms with Crippen LogP contribution in [0.2, 0.25) is 0 Å². The topological polar surface area (TPSA) is 66.6 Å². The highest BCUT2D eigenvalue weighted by Gasteiger charge is 2.55. The monoisotopic (exact) mass is 350 g/mol. The minimum absolute atomic E-state index is 0.0765. The highest BCUT2D eigenvalue weighted by Crippen LogP contribution is 2.55. The number of aliphatic hydroxyl groups excluding tert-OH is 1. The predicted octanol–water partition coefficient (Wildman–Crippen LogP) is 3.69. The number of benzene rings is 2. The minimum atomic E-state index is -0.355. The van der Waals surface area contributed by atoms with E-state index in [1.165, 1.54) is 5.56 Å². The number of non-ortho nitro benzene ring substituents is 1. The highest BCUT2D eigenvalue weighted by molar-refractivity contribution is 5.73. The molecule has 1 spiro atoms. The first-order chi connectivity index (χ1) is 12.4. The molecule has 1 heterocycles. The van der Waals surface area contributed by atoms with Gasteiger partial charge in [-0.05, 0) is 22.8 Å². The number of hydrogen-bond donors (Lipinski definition) is 1. The summed E-state index contributed by atoms with van der Waals surface area (Å²) in [4.78, 5) is 13.0. The molecule has 5 nitrogen and oxygen atoms in total. The zero-order valence-corrected chi connectivity index (χ0v) is 15.0. The van der Waals surface area contributed by atoms with Crippen LogP contribution in [-0.4, -0.2) is 28.7 Å². The van der Waals surface area contributed by atoms with E-state index >= 15 is 0 Å². The molecule has 26 heavy (non-hydrogen) atoms. The Kier molecular flexibility index (Phi) is 3.66. The van der Waals surface area contributed by atoms with E-state index < -0.39 is 0 Å². The minimum Gasteiger partial charge on any atom is -0.395 e. The first kappa shape index (κ1) is 16.8. The van der Waals surface area contributed by atoms with Gasteiger partial charge in [0, 0.05) is 36.2 Å². The molecule has 0 aromatic heterocycles. The van der Waals surface area contributed by atoms with E-state index in [-0.39, 0.29) is 28.2 Å². The van der Waals surface area contributed by atoms with Gasteiger partial charge in [0.1, 0.15) is 0 Å². The molecule has 0 fully saturated rings. The van der Waals surface area contributed by atoms with Gasteiger partial charge < -0.3 is 10.0 Å². The van der Waals surface area contributed by atoms with E-state index in [4.69, 9.17) is 0 Å². The molecule has 1 aliphatic carbocycles. The van der Waals surface area contributed by atoms with Gasteiger partial charge in [0.25, 0.3) is 5.69 Å². The lowest BCUT2D eigenvalue weighted by Gasteiger charge is -2.48. The summed E-state index contributed by atoms with van der Waals surface area (Å²) >= 11 is 0. The lowest BCUT2D eigenvalue weighted by molar-refractivity contribution is -0.384. The molecule has 134 valence electrons. The molecule has 1 atom stereocenters. The Bertz CT molecular complexity index is 919. The van der Waals surface area contributed by atoms with Crippen molar-refractivity contribution in [3.63, 3.8) is 0 Å². The quantitative estimate of drug-likeness (QED) is 0.677. The number of β-amino-alcohol motifs (C(OH)–C–C–N with tert-alkyl or cyclic N) is 1. The molecule has 4 rings (SSSR count). The number of anilines is 1. The first-order valence-electron chi connectivity index (χ1n) is 8.85. The molecule has 2 aromatic carbocycles. The second-order valence-electron chi connectivity index (χ2n) is 7.59. The Morgan fingerprint density at radius 2 is 2.00 bits per heavy atom. The van der Waals surface area contributed by atoms with E-state index in [0.29, 0.717) is 6.54 Å². The van der Waals surface area contributed by atoms with Crippen LogP contribution in [0.15, 0.2) is 48.5 Å². The molecule has 1 N–H and O–H groups in total. The largest absolute Gasteiger partial charge is 0.395 e. The number of rotatable bonds is 3. The molecule has 0 saturated carbocycles. The van der Waals surface area contributed by atoms with Gasteiger partial charge in [-0.1, -0.05) is 50.3 Å². The molecular formula is C21H22N2O3. The number of nitro groups is 1. The molecule has 5 heteroatoms. The molecule has 1 unspecified atom stereocenters. The van der Waals surface area contributed by atoms with Crippen molar-refractivity contribution < 1.29 is 10.0 Å². The predicted molar refractivity (Wildman–Crippen MR) is 102 cm³/mol. The van der Waals surface area contributed by atoms with Gasteiger partial charge in [0.05, 0.1) is 17.1 Å². The van der Waals surface area contributed by atoms with Gasteiger partial charge in [-0.25, -0.2) is 0 Å². The van der Waals surface area contributed by atoms with Crippen molar-refractivity contribution in [2.45, 2.75) is 31.2 Å². The maximum Gasteiger partial charge on any atom is 0.270 e. The third kappa shape index (κ3) is 2.13. The Balaban J connectivity index is 1.86. The third-order valence-corrected chi connectivity index (χ3v) is 6.09. The molecule has 2 aliphatic rings. The number of fused-ring (bicyclic) bond motifs is 2. The zero-order chi connectivity index (χ0) is 18.5. The molecule has 2 aromatic rings. The van der Waals surface area contributed by atoms with Crippen molar-refractivity contribution in [1.29, 1.82) is 0 Å². The lowest BCUT2D eigenvalue weighted by atomic mass is 9.65. The van der Waals surface area contributed by atoms with E-state index in [1.807, 2.05) is 18.2 Å². The molecular weight excluding hydrogens is 328 g/mol. The van der Waals surface area contributed by atoms with E-state index in [1.54, 1.807) is 12.1 Å². The smallest absolute Gasteiger partial charge is 0.270 e. The standard InChI is InChI=1S/C21H22N2O3/c1-20(2)18-5-3-4-6-19(18)22(11-12-24)21(20)10-9-15-13-17(23(25)26)8-7-16(15)14-21/h3-10,13,24H,11-12,14H2,1-2H3. The zero-order valence-electron chi connectivity index (χ0n) is 15.0. The van der Waals surface area contributed by atoms with Crippen LogP contribution in [0.3, 0.4) is 0 Å². The van der Waals surface area contributed by atoms with E-state index in [0.717, 1.165) is 23.2 Å². The summed E-state index contributed by atoms with van der Waals surface area (Å²) in [6, 6.07) is 13.5. The van der Waals surface area contributed by atoms with Crippen molar-refractivity contribution in [2.24, 2.45) is 0 Å². The number of aliphatic hydroxyl groups is 1. The van der Waals surface area contributed by atoms with Gasteiger partial charge in [-0.3, -0.25) is 10.1 Å². The summed E-state index contributed by atoms with van der Waals surface area (Å²) in [6.07, 6.45) is 4.93. The van der Waals surface area contributed by atoms with Crippen LogP contribution in [0.5, 0.6) is 0 Å². The normalized spacial score (nSPS) is 22.3. The summed E-state index contributed by atoms with van der Waals surface area (Å²) in [6.45, 7) is 5.11. The van der Waals surface area contributed by atoms with Crippen molar-refractivity contribution in [2.75, 3.05) is 18.1 Å². The second-order valence-corrected chi connectivity index (χ2v) is 7.59. The summed E-state index contributed by atoms with van der Waals surface area (Å²) in [5.41, 5.74) is 4.08. The number of hydrogen-bond acceptors (Lipinski definition) is 4. The molecule has 0 saturated heterocycles. The lowest BCUT2D eigenvalue weighted by Crippen LogP contribution is -2.57. The summed E-state index contributed by atoms with van der Waals surface area (Å²) in [5.74, 6) is 0. The van der Waals surface area contributed by atoms with Gasteiger partial charge in [-0.2, -0.15) is 0 Å². The Morgan fingerprint density at radius 1 is 1.23 bits per heavy atom. The SMILES string of the molecule is CC1(C)c2ccccc2N(CCO)C12C=Cc1cc([N+](=O)[O-])ccc1C2. The van der Waals surface area contributed by atoms with Crippen LogP contribution in [0.1, 0.15) is 30.5 Å². The number of para-hydroxylation sites is 1. The summed E-state index contributed by atoms with van der Waals surface area (Å²) in [7, 11) is 0. The Hall–Kier alpha value is -2.66. The van der Waals surface area contributed by atoms with Crippen LogP contribution < -0.4 is 4.90 Å². The average molecular weight is 350 g/mol. The maximum absolute atomic E-state index is 11.1. The van der Waals surface area contributed by atoms with Gasteiger partial charge in [-0.15, -0.1) is 0 Å². The van der Waals surface area contributed by atoms with Crippen LogP contribution in [0.4, 0.5) is 11.4 Å². The fourth-order valence-corrected chi connectivity index (χ4v) is 4.65. The number of nitrogens with zero attached hydrogens (tertiary/aromatic N) is 2. The average Bonchev–Trinajstić information content (AvgIpc) is 2.81. The van der Waals surface area contributed by atoms with Gasteiger partial charge in [0.2, 0.25) is 0 Å². The maximum atomic E-state index is 11.1. The van der Waals surface area contributed by atoms with Gasteiger partial charge >= 0.3 is 0 Å². The van der Waals surface area contributed by atoms with Crippen LogP contribution in [0, 0.1) is 10.1 Å². The molecule has 0 radical (unpaired) electrons. The highest BCUT2D eigenvalue weighted by atomic mass is 16.6. The molecule has 0 bridgehead atoms. The Morgan fingerprint density at radius 3 is 2.73 bits per heavy atom. The molecule has 1 aliphatic heterocycles. The summed E-state index contributed by atoms with van der Waals surface area (Å²) < 4.78 is 0. The van der Waals surface area contributed by atoms with Crippen molar-refractivity contribution >= 4 is 17.5 Å². The fraction of sp³-hybridized carbons (Fsp3) is 0.333. The van der Waals surface area contributed by atoms with E-state index in [2.05, 4.69) is 43.0 Å². The Labute approximate surface area is 152 Å². The third-order valence-electron chi connectivity index (χ3n) is 6.09. The van der Waals surface area contributed by atoms with Crippen LogP contribution in [0.25, 0.3) is 6.08 Å². The molecule has 0 amide bonds. The van der Waals surface area contributed by atoms with Crippen molar-refractivity contribution in [3.8, 4) is 0 Å². The van der Waals surface area contributed by atoms with Crippen LogP contribution >= 0.6 is 0 Å². The number of nitro benzene ring substituents is 1.